The maximum absolute atomic E-state index is 8.96. The average molecular weight is 273 g/mol. The Hall–Kier alpha value is 0.270. The van der Waals surface area contributed by atoms with Crippen LogP contribution in [0, 0.1) is 5.92 Å². The van der Waals surface area contributed by atoms with Crippen LogP contribution in [0.1, 0.15) is 58.8 Å². The van der Waals surface area contributed by atoms with Crippen molar-refractivity contribution < 1.29 is 5.11 Å². The van der Waals surface area contributed by atoms with Gasteiger partial charge in [0, 0.05) is 23.7 Å². The van der Waals surface area contributed by atoms with Crippen molar-refractivity contribution in [2.45, 2.75) is 70.1 Å². The van der Waals surface area contributed by atoms with E-state index in [1.165, 1.54) is 44.3 Å². The van der Waals surface area contributed by atoms with Gasteiger partial charge in [-0.1, -0.05) is 33.1 Å². The highest BCUT2D eigenvalue weighted by Gasteiger charge is 2.23. The molecule has 0 spiro atoms. The zero-order chi connectivity index (χ0) is 13.2. The number of hydrogen-bond acceptors (Lipinski definition) is 3. The minimum absolute atomic E-state index is 0.324. The number of aliphatic hydroxyl groups excluding tert-OH is 1. The van der Waals surface area contributed by atoms with E-state index in [9.17, 15) is 0 Å². The molecular formula is C15H31NOS. The quantitative estimate of drug-likeness (QED) is 0.675. The molecule has 0 heterocycles. The van der Waals surface area contributed by atoms with Crippen LogP contribution in [0.5, 0.6) is 0 Å². The summed E-state index contributed by atoms with van der Waals surface area (Å²) in [6, 6.07) is 0.691. The van der Waals surface area contributed by atoms with Gasteiger partial charge in [-0.15, -0.1) is 0 Å². The molecule has 0 saturated heterocycles. The fourth-order valence-electron chi connectivity index (χ4n) is 2.76. The third-order valence-electron chi connectivity index (χ3n) is 3.97. The molecule has 0 aromatic carbocycles. The number of hydrogen-bond donors (Lipinski definition) is 2. The highest BCUT2D eigenvalue weighted by atomic mass is 32.2. The first-order valence-electron chi connectivity index (χ1n) is 7.73. The third kappa shape index (κ3) is 6.44. The molecule has 2 unspecified atom stereocenters. The molecule has 1 saturated carbocycles. The molecule has 0 amide bonds. The monoisotopic (exact) mass is 273 g/mol. The Morgan fingerprint density at radius 3 is 2.61 bits per heavy atom. The molecule has 1 aliphatic rings. The number of aliphatic hydroxyl groups is 1. The first-order valence-corrected chi connectivity index (χ1v) is 8.78. The minimum atomic E-state index is 0.324. The largest absolute Gasteiger partial charge is 0.396 e. The molecule has 1 rings (SSSR count). The Morgan fingerprint density at radius 2 is 2.00 bits per heavy atom. The van der Waals surface area contributed by atoms with Gasteiger partial charge in [0.25, 0.3) is 0 Å². The Morgan fingerprint density at radius 1 is 1.28 bits per heavy atom. The van der Waals surface area contributed by atoms with Crippen molar-refractivity contribution in [3.8, 4) is 0 Å². The lowest BCUT2D eigenvalue weighted by atomic mass is 9.84. The molecule has 0 aromatic heterocycles. The second kappa shape index (κ2) is 10.1. The van der Waals surface area contributed by atoms with Crippen molar-refractivity contribution in [3.63, 3.8) is 0 Å². The number of thioether (sulfide) groups is 1. The highest BCUT2D eigenvalue weighted by molar-refractivity contribution is 7.99. The Labute approximate surface area is 117 Å². The molecule has 2 N–H and O–H groups in total. The van der Waals surface area contributed by atoms with Gasteiger partial charge < -0.3 is 10.4 Å². The molecule has 3 heteroatoms. The molecule has 0 bridgehead atoms. The summed E-state index contributed by atoms with van der Waals surface area (Å²) in [6.07, 6.45) is 9.26. The van der Waals surface area contributed by atoms with Gasteiger partial charge in [0.05, 0.1) is 0 Å². The van der Waals surface area contributed by atoms with E-state index < -0.39 is 0 Å². The summed E-state index contributed by atoms with van der Waals surface area (Å²) in [4.78, 5) is 0. The summed E-state index contributed by atoms with van der Waals surface area (Å²) < 4.78 is 0. The van der Waals surface area contributed by atoms with E-state index in [1.807, 2.05) is 11.8 Å². The maximum Gasteiger partial charge on any atom is 0.0441 e. The molecule has 0 radical (unpaired) electrons. The third-order valence-corrected chi connectivity index (χ3v) is 5.33. The zero-order valence-corrected chi connectivity index (χ0v) is 13.0. The summed E-state index contributed by atoms with van der Waals surface area (Å²) in [5.41, 5.74) is 0. The van der Waals surface area contributed by atoms with Crippen LogP contribution >= 0.6 is 11.8 Å². The first kappa shape index (κ1) is 16.3. The van der Waals surface area contributed by atoms with Gasteiger partial charge in [-0.3, -0.25) is 0 Å². The molecule has 2 atom stereocenters. The first-order chi connectivity index (χ1) is 8.77. The lowest BCUT2D eigenvalue weighted by molar-refractivity contribution is 0.283. The van der Waals surface area contributed by atoms with Crippen LogP contribution in [0.4, 0.5) is 0 Å². The molecule has 2 nitrogen and oxygen atoms in total. The zero-order valence-electron chi connectivity index (χ0n) is 12.2. The molecule has 108 valence electrons. The van der Waals surface area contributed by atoms with Crippen molar-refractivity contribution in [1.29, 1.82) is 0 Å². The van der Waals surface area contributed by atoms with Gasteiger partial charge in [0.2, 0.25) is 0 Å². The molecule has 1 aliphatic carbocycles. The van der Waals surface area contributed by atoms with Gasteiger partial charge in [0.15, 0.2) is 0 Å². The lowest BCUT2D eigenvalue weighted by Crippen LogP contribution is -2.40. The van der Waals surface area contributed by atoms with Gasteiger partial charge >= 0.3 is 0 Å². The summed E-state index contributed by atoms with van der Waals surface area (Å²) >= 11 is 2.03. The van der Waals surface area contributed by atoms with E-state index in [1.54, 1.807) is 0 Å². The van der Waals surface area contributed by atoms with Crippen LogP contribution < -0.4 is 5.32 Å². The maximum atomic E-state index is 8.96. The topological polar surface area (TPSA) is 32.3 Å². The van der Waals surface area contributed by atoms with Gasteiger partial charge in [0.1, 0.15) is 0 Å². The molecule has 18 heavy (non-hydrogen) atoms. The van der Waals surface area contributed by atoms with E-state index in [-0.39, 0.29) is 0 Å². The Kier molecular flexibility index (Phi) is 9.16. The van der Waals surface area contributed by atoms with Gasteiger partial charge in [-0.2, -0.15) is 11.8 Å². The van der Waals surface area contributed by atoms with Crippen molar-refractivity contribution in [2.75, 3.05) is 18.9 Å². The normalized spacial score (nSPS) is 20.8. The van der Waals surface area contributed by atoms with Crippen molar-refractivity contribution in [2.24, 2.45) is 5.92 Å². The van der Waals surface area contributed by atoms with E-state index in [0.29, 0.717) is 17.9 Å². The smallest absolute Gasteiger partial charge is 0.0441 e. The number of nitrogens with one attached hydrogen (secondary N) is 1. The standard InChI is InChI=1S/C15H31NOS/c1-3-10-16-15(12-18-13(2)9-11-17)14-7-5-4-6-8-14/h13-17H,3-12H2,1-2H3. The summed E-state index contributed by atoms with van der Waals surface area (Å²) in [5.74, 6) is 2.10. The van der Waals surface area contributed by atoms with E-state index in [4.69, 9.17) is 5.11 Å². The summed E-state index contributed by atoms with van der Waals surface area (Å²) in [6.45, 7) is 5.95. The van der Waals surface area contributed by atoms with Crippen LogP contribution in [0.2, 0.25) is 0 Å². The fourth-order valence-corrected chi connectivity index (χ4v) is 3.96. The van der Waals surface area contributed by atoms with Crippen LogP contribution in [-0.4, -0.2) is 35.3 Å². The van der Waals surface area contributed by atoms with Gasteiger partial charge in [-0.05, 0) is 38.1 Å². The highest BCUT2D eigenvalue weighted by Crippen LogP contribution is 2.29. The second-order valence-electron chi connectivity index (χ2n) is 5.61. The van der Waals surface area contributed by atoms with Crippen molar-refractivity contribution in [1.82, 2.24) is 5.32 Å². The van der Waals surface area contributed by atoms with E-state index in [2.05, 4.69) is 19.2 Å². The lowest BCUT2D eigenvalue weighted by Gasteiger charge is -2.31. The second-order valence-corrected chi connectivity index (χ2v) is 7.09. The minimum Gasteiger partial charge on any atom is -0.396 e. The van der Waals surface area contributed by atoms with Gasteiger partial charge in [-0.25, -0.2) is 0 Å². The van der Waals surface area contributed by atoms with E-state index in [0.717, 1.165) is 18.9 Å². The predicted molar refractivity (Wildman–Crippen MR) is 82.3 cm³/mol. The summed E-state index contributed by atoms with van der Waals surface area (Å²) in [5, 5.41) is 13.3. The molecule has 0 aromatic rings. The van der Waals surface area contributed by atoms with Crippen molar-refractivity contribution >= 4 is 11.8 Å². The Bertz CT molecular complexity index is 195. The fraction of sp³-hybridized carbons (Fsp3) is 1.00. The van der Waals surface area contributed by atoms with Crippen LogP contribution in [0.25, 0.3) is 0 Å². The molecular weight excluding hydrogens is 242 g/mol. The number of rotatable bonds is 9. The Balaban J connectivity index is 2.33. The molecule has 0 aliphatic heterocycles. The average Bonchev–Trinajstić information content (AvgIpc) is 2.40. The SMILES string of the molecule is CCCNC(CSC(C)CCO)C1CCCCC1. The molecule has 1 fully saturated rings. The van der Waals surface area contributed by atoms with E-state index >= 15 is 0 Å². The van der Waals surface area contributed by atoms with Crippen molar-refractivity contribution in [3.05, 3.63) is 0 Å². The van der Waals surface area contributed by atoms with Crippen LogP contribution in [0.3, 0.4) is 0 Å². The summed E-state index contributed by atoms with van der Waals surface area (Å²) in [7, 11) is 0. The van der Waals surface area contributed by atoms with Crippen LogP contribution in [-0.2, 0) is 0 Å². The predicted octanol–water partition coefficient (Wildman–Crippen LogP) is 3.44. The van der Waals surface area contributed by atoms with Crippen LogP contribution in [0.15, 0.2) is 0 Å².